The van der Waals surface area contributed by atoms with E-state index in [1.165, 1.54) is 12.1 Å². The summed E-state index contributed by atoms with van der Waals surface area (Å²) in [5.74, 6) is -0.601. The van der Waals surface area contributed by atoms with Gasteiger partial charge in [-0.15, -0.1) is 0 Å². The van der Waals surface area contributed by atoms with Gasteiger partial charge >= 0.3 is 0 Å². The summed E-state index contributed by atoms with van der Waals surface area (Å²) in [6.45, 7) is 0. The zero-order valence-corrected chi connectivity index (χ0v) is 19.9. The summed E-state index contributed by atoms with van der Waals surface area (Å²) in [7, 11) is 0. The fourth-order valence-corrected chi connectivity index (χ4v) is 4.61. The van der Waals surface area contributed by atoms with Gasteiger partial charge < -0.3 is 15.4 Å². The van der Waals surface area contributed by atoms with Crippen molar-refractivity contribution in [1.82, 2.24) is 30.1 Å². The number of benzene rings is 1. The smallest absolute Gasteiger partial charge is 0.227 e. The van der Waals surface area contributed by atoms with Crippen LogP contribution in [0.1, 0.15) is 12.8 Å². The van der Waals surface area contributed by atoms with Crippen LogP contribution in [0, 0.1) is 11.7 Å². The van der Waals surface area contributed by atoms with Crippen molar-refractivity contribution in [2.45, 2.75) is 12.8 Å². The second-order valence-corrected chi connectivity index (χ2v) is 9.39. The van der Waals surface area contributed by atoms with Gasteiger partial charge in [0.15, 0.2) is 0 Å². The molecule has 6 aromatic rings. The molecule has 1 aromatic carbocycles. The van der Waals surface area contributed by atoms with E-state index < -0.39 is 5.82 Å². The van der Waals surface area contributed by atoms with Crippen LogP contribution in [0.2, 0.25) is 0 Å². The molecule has 10 heteroatoms. The fourth-order valence-electron chi connectivity index (χ4n) is 4.61. The summed E-state index contributed by atoms with van der Waals surface area (Å²) in [6.07, 6.45) is 6.81. The van der Waals surface area contributed by atoms with Gasteiger partial charge in [-0.1, -0.05) is 0 Å². The van der Waals surface area contributed by atoms with Gasteiger partial charge in [0, 0.05) is 46.4 Å². The zero-order chi connectivity index (χ0) is 25.8. The number of hydrogen-bond donors (Lipinski definition) is 4. The van der Waals surface area contributed by atoms with Crippen molar-refractivity contribution in [3.63, 3.8) is 0 Å². The lowest BCUT2D eigenvalue weighted by Crippen LogP contribution is -2.13. The van der Waals surface area contributed by atoms with E-state index in [1.54, 1.807) is 18.6 Å². The highest BCUT2D eigenvalue weighted by molar-refractivity contribution is 5.99. The van der Waals surface area contributed by atoms with Gasteiger partial charge in [0.2, 0.25) is 5.91 Å². The predicted octanol–water partition coefficient (Wildman–Crippen LogP) is 5.42. The second-order valence-electron chi connectivity index (χ2n) is 9.39. The number of phenolic OH excluding ortho intramolecular Hbond substituents is 1. The van der Waals surface area contributed by atoms with Crippen LogP contribution >= 0.6 is 0 Å². The van der Waals surface area contributed by atoms with E-state index >= 15 is 0 Å². The Morgan fingerprint density at radius 2 is 1.89 bits per heavy atom. The minimum Gasteiger partial charge on any atom is -0.508 e. The number of anilines is 1. The quantitative estimate of drug-likeness (QED) is 0.247. The molecule has 0 radical (unpaired) electrons. The lowest BCUT2D eigenvalue weighted by Gasteiger charge is -2.06. The first-order chi connectivity index (χ1) is 18.5. The number of carbonyl (C=O) groups excluding carboxylic acids is 1. The van der Waals surface area contributed by atoms with Crippen LogP contribution in [-0.4, -0.2) is 41.1 Å². The largest absolute Gasteiger partial charge is 0.508 e. The van der Waals surface area contributed by atoms with Gasteiger partial charge in [-0.05, 0) is 55.3 Å². The Morgan fingerprint density at radius 3 is 2.74 bits per heavy atom. The summed E-state index contributed by atoms with van der Waals surface area (Å²) in [4.78, 5) is 29.1. The zero-order valence-electron chi connectivity index (χ0n) is 19.9. The number of hydrogen-bond acceptors (Lipinski definition) is 6. The Balaban J connectivity index is 1.29. The number of aromatic hydroxyl groups is 1. The summed E-state index contributed by atoms with van der Waals surface area (Å²) >= 11 is 0. The Bertz CT molecular complexity index is 1850. The highest BCUT2D eigenvalue weighted by Crippen LogP contribution is 2.35. The molecule has 5 heterocycles. The van der Waals surface area contributed by atoms with Crippen LogP contribution in [-0.2, 0) is 4.79 Å². The lowest BCUT2D eigenvalue weighted by molar-refractivity contribution is -0.117. The van der Waals surface area contributed by atoms with Gasteiger partial charge in [0.1, 0.15) is 22.8 Å². The van der Waals surface area contributed by atoms with Crippen LogP contribution in [0.3, 0.4) is 0 Å². The highest BCUT2D eigenvalue weighted by atomic mass is 19.1. The molecule has 0 aliphatic heterocycles. The molecule has 0 saturated heterocycles. The maximum atomic E-state index is 14.0. The molecule has 0 unspecified atom stereocenters. The Labute approximate surface area is 214 Å². The van der Waals surface area contributed by atoms with E-state index in [-0.39, 0.29) is 17.6 Å². The molecule has 1 aliphatic rings. The first-order valence-electron chi connectivity index (χ1n) is 12.1. The van der Waals surface area contributed by atoms with Crippen molar-refractivity contribution < 1.29 is 14.3 Å². The molecular weight excluding hydrogens is 485 g/mol. The van der Waals surface area contributed by atoms with Crippen LogP contribution in [0.4, 0.5) is 10.1 Å². The topological polar surface area (TPSA) is 132 Å². The number of nitrogens with one attached hydrogen (secondary N) is 3. The van der Waals surface area contributed by atoms with Crippen molar-refractivity contribution in [3.8, 4) is 39.7 Å². The number of aromatic amines is 2. The highest BCUT2D eigenvalue weighted by Gasteiger charge is 2.29. The van der Waals surface area contributed by atoms with Gasteiger partial charge in [-0.2, -0.15) is 5.10 Å². The third-order valence-electron chi connectivity index (χ3n) is 6.62. The Kier molecular flexibility index (Phi) is 4.93. The summed E-state index contributed by atoms with van der Waals surface area (Å²) in [5, 5.41) is 21.1. The van der Waals surface area contributed by atoms with E-state index in [2.05, 4.69) is 30.5 Å². The standard InChI is InChI=1S/C28H20FN7O2/c29-17-7-15(9-19(37)10-17)25-20-11-24(33-22(20)5-6-31-25)27-26-23(35-36-27)4-3-21(34-26)16-8-18(13-30-12-16)32-28(38)14-1-2-14/h3-14,33,37H,1-2H2,(H,32,38)(H,35,36). The molecule has 5 aromatic heterocycles. The first-order valence-corrected chi connectivity index (χ1v) is 12.1. The third-order valence-corrected chi connectivity index (χ3v) is 6.62. The van der Waals surface area contributed by atoms with Crippen molar-refractivity contribution in [2.24, 2.45) is 5.92 Å². The number of rotatable bonds is 5. The number of nitrogens with zero attached hydrogens (tertiary/aromatic N) is 4. The molecule has 0 bridgehead atoms. The second kappa shape index (κ2) is 8.48. The Hall–Kier alpha value is -5.12. The van der Waals surface area contributed by atoms with Crippen molar-refractivity contribution in [2.75, 3.05) is 5.32 Å². The number of aromatic nitrogens is 6. The molecule has 0 atom stereocenters. The average molecular weight is 506 g/mol. The molecule has 9 nitrogen and oxygen atoms in total. The molecule has 0 spiro atoms. The van der Waals surface area contributed by atoms with Crippen molar-refractivity contribution >= 4 is 33.5 Å². The van der Waals surface area contributed by atoms with Crippen LogP contribution in [0.5, 0.6) is 5.75 Å². The van der Waals surface area contributed by atoms with E-state index in [9.17, 15) is 14.3 Å². The van der Waals surface area contributed by atoms with E-state index in [4.69, 9.17) is 4.98 Å². The molecule has 38 heavy (non-hydrogen) atoms. The summed E-state index contributed by atoms with van der Waals surface area (Å²) in [5.41, 5.74) is 6.58. The number of pyridine rings is 3. The number of carbonyl (C=O) groups is 1. The predicted molar refractivity (Wildman–Crippen MR) is 141 cm³/mol. The minimum absolute atomic E-state index is 0.0191. The Morgan fingerprint density at radius 1 is 1.00 bits per heavy atom. The molecule has 186 valence electrons. The summed E-state index contributed by atoms with van der Waals surface area (Å²) < 4.78 is 14.0. The number of halogens is 1. The van der Waals surface area contributed by atoms with Crippen LogP contribution in [0.25, 0.3) is 55.8 Å². The first kappa shape index (κ1) is 22.1. The van der Waals surface area contributed by atoms with Crippen molar-refractivity contribution in [1.29, 1.82) is 0 Å². The number of H-pyrrole nitrogens is 2. The van der Waals surface area contributed by atoms with Gasteiger partial charge in [0.25, 0.3) is 0 Å². The monoisotopic (exact) mass is 505 g/mol. The fraction of sp³-hybridized carbons (Fsp3) is 0.107. The van der Waals surface area contributed by atoms with E-state index in [0.717, 1.165) is 40.9 Å². The molecule has 1 amide bonds. The average Bonchev–Trinajstić information content (AvgIpc) is 3.54. The molecule has 4 N–H and O–H groups in total. The van der Waals surface area contributed by atoms with E-state index in [0.29, 0.717) is 39.5 Å². The van der Waals surface area contributed by atoms with E-state index in [1.807, 2.05) is 30.3 Å². The molecule has 1 aliphatic carbocycles. The SMILES string of the molecule is O=C(Nc1cncc(-c2ccc3[nH]nc(-c4cc5c(-c6cc(O)cc(F)c6)nccc5[nH]4)c3n2)c1)C1CC1. The number of fused-ring (bicyclic) bond motifs is 2. The minimum atomic E-state index is -0.546. The number of amides is 1. The third kappa shape index (κ3) is 3.92. The molecule has 1 fully saturated rings. The number of phenols is 1. The molecule has 1 saturated carbocycles. The van der Waals surface area contributed by atoms with Gasteiger partial charge in [-0.25, -0.2) is 9.37 Å². The normalized spacial score (nSPS) is 13.3. The van der Waals surface area contributed by atoms with Crippen molar-refractivity contribution in [3.05, 3.63) is 72.9 Å². The maximum absolute atomic E-state index is 14.0. The lowest BCUT2D eigenvalue weighted by atomic mass is 10.1. The van der Waals surface area contributed by atoms with Gasteiger partial charge in [-0.3, -0.25) is 19.9 Å². The van der Waals surface area contributed by atoms with Crippen LogP contribution < -0.4 is 5.32 Å². The molecular formula is C28H20FN7O2. The molecule has 7 rings (SSSR count). The van der Waals surface area contributed by atoms with Crippen LogP contribution in [0.15, 0.2) is 67.1 Å². The maximum Gasteiger partial charge on any atom is 0.227 e. The van der Waals surface area contributed by atoms with Gasteiger partial charge in [0.05, 0.1) is 34.5 Å². The summed E-state index contributed by atoms with van der Waals surface area (Å²) in [6, 6.07) is 13.2.